The van der Waals surface area contributed by atoms with Gasteiger partial charge >= 0.3 is 6.01 Å². The van der Waals surface area contributed by atoms with Gasteiger partial charge in [0.15, 0.2) is 0 Å². The predicted molar refractivity (Wildman–Crippen MR) is 121 cm³/mol. The van der Waals surface area contributed by atoms with Crippen LogP contribution in [0.25, 0.3) is 11.5 Å². The summed E-state index contributed by atoms with van der Waals surface area (Å²) in [6, 6.07) is 6.89. The molecule has 0 saturated carbocycles. The topological polar surface area (TPSA) is 105 Å². The molecule has 0 spiro atoms. The minimum absolute atomic E-state index is 0.0387. The van der Waals surface area contributed by atoms with Crippen molar-refractivity contribution in [3.05, 3.63) is 69.9 Å². The van der Waals surface area contributed by atoms with E-state index in [0.29, 0.717) is 14.2 Å². The first-order valence-corrected chi connectivity index (χ1v) is 11.7. The summed E-state index contributed by atoms with van der Waals surface area (Å²) in [5.74, 6) is -0.447. The Morgan fingerprint density at radius 1 is 1.16 bits per heavy atom. The van der Waals surface area contributed by atoms with Crippen LogP contribution in [0.3, 0.4) is 0 Å². The summed E-state index contributed by atoms with van der Waals surface area (Å²) in [5, 5.41) is 10.1. The Labute approximate surface area is 192 Å². The van der Waals surface area contributed by atoms with Gasteiger partial charge in [0.2, 0.25) is 10.0 Å². The number of nitrogens with one attached hydrogen (secondary N) is 1. The summed E-state index contributed by atoms with van der Waals surface area (Å²) in [5.41, 5.74) is 0.664. The molecule has 2 heterocycles. The van der Waals surface area contributed by atoms with Gasteiger partial charge in [0.25, 0.3) is 11.8 Å². The highest BCUT2D eigenvalue weighted by Crippen LogP contribution is 2.37. The lowest BCUT2D eigenvalue weighted by molar-refractivity contribution is 0.102. The molecule has 0 bridgehead atoms. The van der Waals surface area contributed by atoms with Crippen molar-refractivity contribution < 1.29 is 17.6 Å². The first kappa shape index (κ1) is 23.2. The number of rotatable bonds is 9. The summed E-state index contributed by atoms with van der Waals surface area (Å²) in [6.45, 7) is 7.40. The van der Waals surface area contributed by atoms with Gasteiger partial charge in [0, 0.05) is 18.7 Å². The minimum Gasteiger partial charge on any atom is -0.403 e. The molecule has 1 aromatic carbocycles. The van der Waals surface area contributed by atoms with E-state index in [-0.39, 0.29) is 35.5 Å². The summed E-state index contributed by atoms with van der Waals surface area (Å²) in [6.07, 6.45) is 2.97. The van der Waals surface area contributed by atoms with E-state index in [4.69, 9.17) is 27.6 Å². The molecule has 0 aliphatic rings. The molecule has 31 heavy (non-hydrogen) atoms. The van der Waals surface area contributed by atoms with Crippen molar-refractivity contribution in [3.63, 3.8) is 0 Å². The fourth-order valence-corrected chi connectivity index (χ4v) is 5.35. The Kier molecular flexibility index (Phi) is 7.29. The van der Waals surface area contributed by atoms with E-state index in [1.807, 2.05) is 0 Å². The van der Waals surface area contributed by atoms with Crippen molar-refractivity contribution in [2.45, 2.75) is 4.90 Å². The third-order valence-electron chi connectivity index (χ3n) is 3.95. The van der Waals surface area contributed by atoms with E-state index in [0.717, 1.165) is 11.3 Å². The van der Waals surface area contributed by atoms with Crippen molar-refractivity contribution in [2.75, 3.05) is 18.4 Å². The Morgan fingerprint density at radius 2 is 1.81 bits per heavy atom. The fraction of sp³-hybridized carbons (Fsp3) is 0.105. The maximum Gasteiger partial charge on any atom is 0.322 e. The van der Waals surface area contributed by atoms with Gasteiger partial charge in [-0.15, -0.1) is 29.6 Å². The predicted octanol–water partition coefficient (Wildman–Crippen LogP) is 4.72. The number of halogens is 2. The molecule has 0 atom stereocenters. The Morgan fingerprint density at radius 3 is 2.35 bits per heavy atom. The SMILES string of the molecule is C=CCN(CC=C)S(=O)(=O)c1ccc(C(=O)Nc2nnc(-c3cc(Cl)sc3Cl)o2)cc1. The average Bonchev–Trinajstić information content (AvgIpc) is 3.33. The van der Waals surface area contributed by atoms with Crippen molar-refractivity contribution in [2.24, 2.45) is 0 Å². The van der Waals surface area contributed by atoms with E-state index in [9.17, 15) is 13.2 Å². The Hall–Kier alpha value is -2.50. The standard InChI is InChI=1S/C19H16Cl2N4O4S2/c1-3-9-25(10-4-2)31(27,28)13-7-5-12(6-8-13)17(26)22-19-24-23-18(29-19)14-11-15(20)30-16(14)21/h3-8,11H,1-2,9-10H2,(H,22,24,26). The van der Waals surface area contributed by atoms with Crippen LogP contribution >= 0.6 is 34.5 Å². The number of carbonyl (C=O) groups excluding carboxylic acids is 1. The van der Waals surface area contributed by atoms with Crippen LogP contribution < -0.4 is 5.32 Å². The quantitative estimate of drug-likeness (QED) is 0.427. The third kappa shape index (κ3) is 5.23. The molecule has 2 aromatic heterocycles. The van der Waals surface area contributed by atoms with Crippen LogP contribution in [0, 0.1) is 0 Å². The summed E-state index contributed by atoms with van der Waals surface area (Å²) < 4.78 is 32.9. The van der Waals surface area contributed by atoms with Crippen LogP contribution in [0.2, 0.25) is 8.67 Å². The highest BCUT2D eigenvalue weighted by atomic mass is 35.5. The molecule has 0 saturated heterocycles. The van der Waals surface area contributed by atoms with Crippen LogP contribution in [0.15, 0.2) is 65.0 Å². The van der Waals surface area contributed by atoms with E-state index >= 15 is 0 Å². The largest absolute Gasteiger partial charge is 0.403 e. The summed E-state index contributed by atoms with van der Waals surface area (Å²) >= 11 is 13.1. The maximum atomic E-state index is 12.7. The summed E-state index contributed by atoms with van der Waals surface area (Å²) in [7, 11) is -3.76. The number of sulfonamides is 1. The number of carbonyl (C=O) groups is 1. The van der Waals surface area contributed by atoms with Gasteiger partial charge in [-0.05, 0) is 30.3 Å². The molecule has 3 rings (SSSR count). The van der Waals surface area contributed by atoms with Crippen molar-refractivity contribution in [3.8, 4) is 11.5 Å². The number of thiophene rings is 1. The molecule has 0 fully saturated rings. The Bertz CT molecular complexity index is 1210. The van der Waals surface area contributed by atoms with Crippen LogP contribution in [-0.4, -0.2) is 41.9 Å². The lowest BCUT2D eigenvalue weighted by Gasteiger charge is -2.19. The number of aromatic nitrogens is 2. The number of amides is 1. The maximum absolute atomic E-state index is 12.7. The van der Waals surface area contributed by atoms with Crippen LogP contribution in [0.4, 0.5) is 6.01 Å². The van der Waals surface area contributed by atoms with Crippen molar-refractivity contribution >= 4 is 56.5 Å². The lowest BCUT2D eigenvalue weighted by atomic mass is 10.2. The lowest BCUT2D eigenvalue weighted by Crippen LogP contribution is -2.31. The third-order valence-corrected chi connectivity index (χ3v) is 7.29. The van der Waals surface area contributed by atoms with Gasteiger partial charge in [0.1, 0.15) is 4.34 Å². The first-order valence-electron chi connectivity index (χ1n) is 8.68. The zero-order valence-electron chi connectivity index (χ0n) is 15.9. The monoisotopic (exact) mass is 498 g/mol. The van der Waals surface area contributed by atoms with Gasteiger partial charge < -0.3 is 4.42 Å². The number of benzene rings is 1. The molecule has 0 radical (unpaired) electrons. The average molecular weight is 499 g/mol. The number of nitrogens with zero attached hydrogens (tertiary/aromatic N) is 3. The van der Waals surface area contributed by atoms with E-state index in [2.05, 4.69) is 28.7 Å². The van der Waals surface area contributed by atoms with E-state index in [1.54, 1.807) is 6.07 Å². The normalized spacial score (nSPS) is 11.5. The molecule has 1 amide bonds. The van der Waals surface area contributed by atoms with Gasteiger partial charge in [0.05, 0.1) is 14.8 Å². The van der Waals surface area contributed by atoms with Crippen molar-refractivity contribution in [1.29, 1.82) is 0 Å². The molecule has 162 valence electrons. The molecule has 3 aromatic rings. The molecule has 0 aliphatic carbocycles. The zero-order valence-corrected chi connectivity index (χ0v) is 19.1. The van der Waals surface area contributed by atoms with Gasteiger partial charge in [-0.2, -0.15) is 4.31 Å². The molecule has 12 heteroatoms. The van der Waals surface area contributed by atoms with Gasteiger partial charge in [-0.1, -0.05) is 40.5 Å². The number of hydrogen-bond acceptors (Lipinski definition) is 7. The number of anilines is 1. The van der Waals surface area contributed by atoms with E-state index in [1.165, 1.54) is 40.7 Å². The fourth-order valence-electron chi connectivity index (χ4n) is 2.52. The second-order valence-electron chi connectivity index (χ2n) is 6.03. The van der Waals surface area contributed by atoms with Crippen LogP contribution in [0.5, 0.6) is 0 Å². The molecular formula is C19H16Cl2N4O4S2. The van der Waals surface area contributed by atoms with Gasteiger partial charge in [-0.25, -0.2) is 8.42 Å². The second-order valence-corrected chi connectivity index (χ2v) is 10.3. The first-order chi connectivity index (χ1) is 14.8. The summed E-state index contributed by atoms with van der Waals surface area (Å²) in [4.78, 5) is 12.5. The Balaban J connectivity index is 1.74. The van der Waals surface area contributed by atoms with Crippen LogP contribution in [0.1, 0.15) is 10.4 Å². The highest BCUT2D eigenvalue weighted by molar-refractivity contribution is 7.89. The van der Waals surface area contributed by atoms with E-state index < -0.39 is 15.9 Å². The molecule has 0 aliphatic heterocycles. The minimum atomic E-state index is -3.76. The van der Waals surface area contributed by atoms with Gasteiger partial charge in [-0.3, -0.25) is 10.1 Å². The number of hydrogen-bond donors (Lipinski definition) is 1. The smallest absolute Gasteiger partial charge is 0.322 e. The van der Waals surface area contributed by atoms with Crippen molar-refractivity contribution in [1.82, 2.24) is 14.5 Å². The molecule has 0 unspecified atom stereocenters. The highest BCUT2D eigenvalue weighted by Gasteiger charge is 2.23. The molecule has 8 nitrogen and oxygen atoms in total. The second kappa shape index (κ2) is 9.75. The van der Waals surface area contributed by atoms with Crippen LogP contribution in [-0.2, 0) is 10.0 Å². The molecule has 1 N–H and O–H groups in total. The molecular weight excluding hydrogens is 483 g/mol. The zero-order chi connectivity index (χ0) is 22.6.